The zero-order valence-corrected chi connectivity index (χ0v) is 19.7. The van der Waals surface area contributed by atoms with E-state index in [1.165, 1.54) is 19.1 Å². The summed E-state index contributed by atoms with van der Waals surface area (Å²) in [7, 11) is 0. The first-order valence-corrected chi connectivity index (χ1v) is 10.6. The van der Waals surface area contributed by atoms with Gasteiger partial charge < -0.3 is 15.8 Å². The number of halogens is 5. The number of amides is 2. The average Bonchev–Trinajstić information content (AvgIpc) is 2.68. The van der Waals surface area contributed by atoms with E-state index < -0.39 is 63.6 Å². The van der Waals surface area contributed by atoms with Gasteiger partial charge in [0, 0.05) is 5.56 Å². The van der Waals surface area contributed by atoms with Crippen molar-refractivity contribution in [1.82, 2.24) is 10.6 Å². The molecule has 2 amide bonds. The molecule has 0 saturated heterocycles. The lowest BCUT2D eigenvalue weighted by Crippen LogP contribution is -2.51. The summed E-state index contributed by atoms with van der Waals surface area (Å²) in [6.45, 7) is 6.28. The molecule has 0 saturated carbocycles. The Hall–Kier alpha value is -3.90. The van der Waals surface area contributed by atoms with E-state index in [-0.39, 0.29) is 17.9 Å². The molecular formula is C23H24F5N5O3. The number of alkyl halides is 3. The first-order valence-electron chi connectivity index (χ1n) is 10.6. The molecule has 8 nitrogen and oxygen atoms in total. The smallest absolute Gasteiger partial charge is 0.421 e. The van der Waals surface area contributed by atoms with Crippen molar-refractivity contribution in [2.24, 2.45) is 4.99 Å². The van der Waals surface area contributed by atoms with Gasteiger partial charge in [-0.15, -0.1) is 0 Å². The number of anilines is 3. The van der Waals surface area contributed by atoms with Crippen LogP contribution in [-0.2, 0) is 21.2 Å². The lowest BCUT2D eigenvalue weighted by molar-refractivity contribution is -0.139. The van der Waals surface area contributed by atoms with E-state index in [9.17, 15) is 27.2 Å². The molecule has 1 aliphatic rings. The van der Waals surface area contributed by atoms with E-state index >= 15 is 4.39 Å². The van der Waals surface area contributed by atoms with Crippen molar-refractivity contribution >= 4 is 35.0 Å². The molecule has 194 valence electrons. The number of nitrogen functional groups attached to an aromatic ring is 1. The van der Waals surface area contributed by atoms with Crippen molar-refractivity contribution in [3.05, 3.63) is 53.1 Å². The second-order valence-corrected chi connectivity index (χ2v) is 9.26. The van der Waals surface area contributed by atoms with Crippen LogP contribution >= 0.6 is 0 Å². The fraction of sp³-hybridized carbons (Fsp3) is 0.348. The lowest BCUT2D eigenvalue weighted by atomic mass is 9.87. The van der Waals surface area contributed by atoms with Crippen molar-refractivity contribution in [3.8, 4) is 0 Å². The van der Waals surface area contributed by atoms with Gasteiger partial charge in [0.2, 0.25) is 11.9 Å². The monoisotopic (exact) mass is 513 g/mol. The summed E-state index contributed by atoms with van der Waals surface area (Å²) in [5, 5.41) is 6.86. The molecule has 0 bridgehead atoms. The Balaban J connectivity index is 2.01. The Morgan fingerprint density at radius 1 is 1.17 bits per heavy atom. The number of nitrogens with one attached hydrogen (secondary N) is 3. The maximum Gasteiger partial charge on any atom is 0.421 e. The molecule has 0 unspecified atom stereocenters. The first kappa shape index (κ1) is 26.7. The molecule has 0 aromatic heterocycles. The summed E-state index contributed by atoms with van der Waals surface area (Å²) in [5.74, 6) is -3.54. The number of rotatable bonds is 3. The minimum atomic E-state index is -5.12. The fourth-order valence-electron chi connectivity index (χ4n) is 3.60. The number of carbonyl (C=O) groups is 2. The fourth-order valence-corrected chi connectivity index (χ4v) is 3.60. The van der Waals surface area contributed by atoms with Crippen LogP contribution in [0.3, 0.4) is 0 Å². The highest BCUT2D eigenvalue weighted by molar-refractivity contribution is 6.05. The Morgan fingerprint density at radius 3 is 2.44 bits per heavy atom. The van der Waals surface area contributed by atoms with Crippen LogP contribution in [0.4, 0.5) is 43.8 Å². The van der Waals surface area contributed by atoms with E-state index in [1.54, 1.807) is 20.8 Å². The number of nitrogens with two attached hydrogens (primary N) is 1. The van der Waals surface area contributed by atoms with Crippen molar-refractivity contribution in [1.29, 1.82) is 0 Å². The number of aliphatic imine (C=N–C) groups is 1. The van der Waals surface area contributed by atoms with Crippen LogP contribution in [0.25, 0.3) is 0 Å². The third kappa shape index (κ3) is 5.83. The van der Waals surface area contributed by atoms with Gasteiger partial charge in [-0.05, 0) is 45.9 Å². The number of hydrogen-bond acceptors (Lipinski definition) is 6. The summed E-state index contributed by atoms with van der Waals surface area (Å²) < 4.78 is 75.2. The number of nitrogens with zero attached hydrogens (tertiary/aromatic N) is 1. The van der Waals surface area contributed by atoms with Gasteiger partial charge in [-0.1, -0.05) is 12.1 Å². The molecule has 13 heteroatoms. The Labute approximate surface area is 203 Å². The molecule has 0 radical (unpaired) electrons. The van der Waals surface area contributed by atoms with Gasteiger partial charge in [0.05, 0.1) is 29.0 Å². The van der Waals surface area contributed by atoms with E-state index in [0.717, 1.165) is 12.1 Å². The first-order chi connectivity index (χ1) is 16.5. The minimum absolute atomic E-state index is 0.172. The van der Waals surface area contributed by atoms with E-state index in [1.807, 2.05) is 0 Å². The topological polar surface area (TPSA) is 118 Å². The zero-order chi connectivity index (χ0) is 27.1. The third-order valence-electron chi connectivity index (χ3n) is 5.05. The highest BCUT2D eigenvalue weighted by atomic mass is 19.4. The van der Waals surface area contributed by atoms with E-state index in [4.69, 9.17) is 10.5 Å². The molecule has 0 spiro atoms. The number of alkyl carbamates (subject to hydrolysis) is 1. The normalized spacial score (nSPS) is 18.2. The number of hydrogen-bond donors (Lipinski definition) is 4. The molecule has 1 aliphatic heterocycles. The molecular weight excluding hydrogens is 489 g/mol. The van der Waals surface area contributed by atoms with Gasteiger partial charge in [0.25, 0.3) is 0 Å². The summed E-state index contributed by atoms with van der Waals surface area (Å²) in [4.78, 5) is 28.7. The molecule has 0 fully saturated rings. The van der Waals surface area contributed by atoms with Crippen LogP contribution < -0.4 is 21.7 Å². The predicted octanol–water partition coefficient (Wildman–Crippen LogP) is 4.93. The Bertz CT molecular complexity index is 1240. The van der Waals surface area contributed by atoms with Crippen LogP contribution in [0.1, 0.15) is 45.2 Å². The summed E-state index contributed by atoms with van der Waals surface area (Å²) in [6, 6.07) is 5.20. The van der Waals surface area contributed by atoms with Crippen molar-refractivity contribution in [3.63, 3.8) is 0 Å². The molecule has 1 heterocycles. The van der Waals surface area contributed by atoms with Crippen LogP contribution in [0.2, 0.25) is 0 Å². The predicted molar refractivity (Wildman–Crippen MR) is 122 cm³/mol. The van der Waals surface area contributed by atoms with Crippen molar-refractivity contribution in [2.45, 2.75) is 51.4 Å². The molecule has 5 N–H and O–H groups in total. The molecule has 1 atom stereocenters. The van der Waals surface area contributed by atoms with Gasteiger partial charge in [-0.3, -0.25) is 15.4 Å². The number of ether oxygens (including phenoxy) is 1. The maximum absolute atomic E-state index is 15.6. The molecule has 3 rings (SSSR count). The lowest BCUT2D eigenvalue weighted by Gasteiger charge is -2.31. The van der Waals surface area contributed by atoms with Gasteiger partial charge in [-0.2, -0.15) is 13.2 Å². The highest BCUT2D eigenvalue weighted by Gasteiger charge is 2.40. The van der Waals surface area contributed by atoms with Crippen molar-refractivity contribution < 1.29 is 36.3 Å². The minimum Gasteiger partial charge on any atom is -0.444 e. The Morgan fingerprint density at radius 2 is 1.83 bits per heavy atom. The third-order valence-corrected chi connectivity index (χ3v) is 5.05. The molecule has 2 aromatic rings. The standard InChI is InChI=1S/C23H24F5N5O3/c1-21(2,3)36-20(35)32-19-31-15(34)10-22(4,33-19)11-6-5-7-14(17(11)25)30-18-13(29)9-8-12(24)16(18)23(26,27)28/h5-9,30H,10,29H2,1-4H3,(H2,31,32,33,34,35)/t22-/m0/s1. The van der Waals surface area contributed by atoms with E-state index in [2.05, 4.69) is 20.9 Å². The number of carbonyl (C=O) groups excluding carboxylic acids is 2. The molecule has 36 heavy (non-hydrogen) atoms. The van der Waals surface area contributed by atoms with Gasteiger partial charge in [0.15, 0.2) is 5.82 Å². The van der Waals surface area contributed by atoms with Gasteiger partial charge in [0.1, 0.15) is 17.0 Å². The number of guanidine groups is 1. The molecule has 0 aliphatic carbocycles. The highest BCUT2D eigenvalue weighted by Crippen LogP contribution is 2.42. The van der Waals surface area contributed by atoms with Crippen LogP contribution in [0.5, 0.6) is 0 Å². The largest absolute Gasteiger partial charge is 0.444 e. The summed E-state index contributed by atoms with van der Waals surface area (Å²) in [5.41, 5.74) is -0.395. The second-order valence-electron chi connectivity index (χ2n) is 9.26. The zero-order valence-electron chi connectivity index (χ0n) is 19.7. The average molecular weight is 513 g/mol. The van der Waals surface area contributed by atoms with Crippen LogP contribution in [0.15, 0.2) is 35.3 Å². The van der Waals surface area contributed by atoms with Crippen LogP contribution in [0, 0.1) is 11.6 Å². The van der Waals surface area contributed by atoms with Gasteiger partial charge >= 0.3 is 12.3 Å². The van der Waals surface area contributed by atoms with Crippen molar-refractivity contribution in [2.75, 3.05) is 11.1 Å². The summed E-state index contributed by atoms with van der Waals surface area (Å²) in [6.07, 6.45) is -6.37. The number of benzene rings is 2. The molecule has 2 aromatic carbocycles. The van der Waals surface area contributed by atoms with Gasteiger partial charge in [-0.25, -0.2) is 18.6 Å². The quantitative estimate of drug-likeness (QED) is 0.343. The second kappa shape index (κ2) is 9.28. The Kier molecular flexibility index (Phi) is 6.88. The summed E-state index contributed by atoms with van der Waals surface area (Å²) >= 11 is 0. The van der Waals surface area contributed by atoms with Crippen LogP contribution in [-0.4, -0.2) is 23.6 Å². The maximum atomic E-state index is 15.6. The SMILES string of the molecule is CC(C)(C)OC(=O)NC1=N[C@](C)(c2cccc(Nc3c(N)ccc(F)c3C(F)(F)F)c2F)CC(=O)N1. The van der Waals surface area contributed by atoms with E-state index in [0.29, 0.717) is 6.07 Å².